The van der Waals surface area contributed by atoms with E-state index in [1.165, 1.54) is 5.01 Å². The molecule has 0 bridgehead atoms. The second-order valence-corrected chi connectivity index (χ2v) is 7.64. The summed E-state index contributed by atoms with van der Waals surface area (Å²) >= 11 is 0. The first-order valence-corrected chi connectivity index (χ1v) is 9.44. The predicted molar refractivity (Wildman–Crippen MR) is 108 cm³/mol. The van der Waals surface area contributed by atoms with Gasteiger partial charge in [-0.15, -0.1) is 0 Å². The first-order chi connectivity index (χ1) is 13.6. The lowest BCUT2D eigenvalue weighted by atomic mass is 9.90. The number of nitriles is 1. The van der Waals surface area contributed by atoms with E-state index in [2.05, 4.69) is 16.5 Å². The minimum Gasteiger partial charge on any atom is -0.451 e. The normalized spacial score (nSPS) is 16.0. The molecule has 2 amide bonds. The van der Waals surface area contributed by atoms with Crippen LogP contribution in [0.4, 0.5) is 5.69 Å². The molecule has 0 aliphatic carbocycles. The van der Waals surface area contributed by atoms with Crippen LogP contribution in [0.15, 0.2) is 23.3 Å². The van der Waals surface area contributed by atoms with Crippen LogP contribution in [-0.2, 0) is 19.1 Å². The van der Waals surface area contributed by atoms with Crippen molar-refractivity contribution >= 4 is 29.2 Å². The Morgan fingerprint density at radius 1 is 1.34 bits per heavy atom. The maximum Gasteiger partial charge on any atom is 0.355 e. The third-order valence-corrected chi connectivity index (χ3v) is 4.98. The number of rotatable bonds is 6. The predicted octanol–water partition coefficient (Wildman–Crippen LogP) is 2.38. The van der Waals surface area contributed by atoms with Gasteiger partial charge in [0.25, 0.3) is 5.91 Å². The minimum absolute atomic E-state index is 0.0743. The molecule has 2 rings (SSSR count). The molecule has 0 spiro atoms. The first-order valence-electron chi connectivity index (χ1n) is 9.44. The van der Waals surface area contributed by atoms with Gasteiger partial charge < -0.3 is 10.1 Å². The van der Waals surface area contributed by atoms with E-state index in [1.54, 1.807) is 6.92 Å². The summed E-state index contributed by atoms with van der Waals surface area (Å²) in [4.78, 5) is 36.8. The van der Waals surface area contributed by atoms with Crippen molar-refractivity contribution < 1.29 is 19.1 Å². The van der Waals surface area contributed by atoms with E-state index in [0.717, 1.165) is 11.1 Å². The number of aryl methyl sites for hydroxylation is 2. The van der Waals surface area contributed by atoms with Crippen LogP contribution in [0.1, 0.15) is 44.7 Å². The Bertz CT molecular complexity index is 900. The number of anilines is 1. The Hall–Kier alpha value is -3.21. The largest absolute Gasteiger partial charge is 0.451 e. The minimum atomic E-state index is -1.06. The zero-order valence-electron chi connectivity index (χ0n) is 17.4. The standard InChI is InChI=1S/C21H26N4O4/c1-13(2)21(5,12-22)23-18(26)11-29-20(28)16-8-9-19(27)25(24-16)17-10-14(3)6-7-15(17)4/h6-7,10,13H,8-9,11H2,1-5H3,(H,23,26)/t21-/m1/s1. The molecule has 8 heteroatoms. The number of ether oxygens (including phenoxy) is 1. The van der Waals surface area contributed by atoms with Gasteiger partial charge in [-0.05, 0) is 43.9 Å². The lowest BCUT2D eigenvalue weighted by molar-refractivity contribution is -0.143. The highest BCUT2D eigenvalue weighted by Crippen LogP contribution is 2.25. The molecule has 1 aliphatic heterocycles. The summed E-state index contributed by atoms with van der Waals surface area (Å²) in [5.41, 5.74) is 1.44. The van der Waals surface area contributed by atoms with E-state index in [1.807, 2.05) is 45.9 Å². The molecular formula is C21H26N4O4. The molecule has 8 nitrogen and oxygen atoms in total. The van der Waals surface area contributed by atoms with Gasteiger partial charge in [-0.1, -0.05) is 26.0 Å². The fraction of sp³-hybridized carbons (Fsp3) is 0.476. The van der Waals surface area contributed by atoms with Crippen LogP contribution < -0.4 is 10.3 Å². The number of hydrazone groups is 1. The summed E-state index contributed by atoms with van der Waals surface area (Å²) < 4.78 is 5.06. The molecule has 0 aromatic heterocycles. The molecule has 1 heterocycles. The van der Waals surface area contributed by atoms with E-state index < -0.39 is 24.0 Å². The van der Waals surface area contributed by atoms with Crippen LogP contribution in [0, 0.1) is 31.1 Å². The van der Waals surface area contributed by atoms with Crippen LogP contribution in [0.2, 0.25) is 0 Å². The summed E-state index contributed by atoms with van der Waals surface area (Å²) in [7, 11) is 0. The van der Waals surface area contributed by atoms with Gasteiger partial charge in [0.2, 0.25) is 5.91 Å². The first kappa shape index (κ1) is 22.1. The number of nitrogens with zero attached hydrogens (tertiary/aromatic N) is 3. The van der Waals surface area contributed by atoms with Crippen molar-refractivity contribution in [2.45, 2.75) is 53.0 Å². The summed E-state index contributed by atoms with van der Waals surface area (Å²) in [6.45, 7) is 8.46. The maximum absolute atomic E-state index is 12.4. The molecule has 0 saturated carbocycles. The fourth-order valence-electron chi connectivity index (χ4n) is 2.68. The monoisotopic (exact) mass is 398 g/mol. The number of esters is 1. The van der Waals surface area contributed by atoms with Gasteiger partial charge in [0, 0.05) is 12.8 Å². The van der Waals surface area contributed by atoms with Crippen molar-refractivity contribution in [3.05, 3.63) is 29.3 Å². The average molecular weight is 398 g/mol. The van der Waals surface area contributed by atoms with E-state index >= 15 is 0 Å². The fourth-order valence-corrected chi connectivity index (χ4v) is 2.68. The van der Waals surface area contributed by atoms with Gasteiger partial charge in [-0.2, -0.15) is 15.4 Å². The zero-order chi connectivity index (χ0) is 21.8. The third-order valence-electron chi connectivity index (χ3n) is 4.98. The van der Waals surface area contributed by atoms with Crippen molar-refractivity contribution in [3.63, 3.8) is 0 Å². The molecule has 154 valence electrons. The molecule has 0 fully saturated rings. The van der Waals surface area contributed by atoms with Crippen LogP contribution in [0.25, 0.3) is 0 Å². The Kier molecular flexibility index (Phi) is 6.75. The number of amides is 2. The molecule has 1 aromatic rings. The Labute approximate surface area is 170 Å². The molecule has 1 N–H and O–H groups in total. The Morgan fingerprint density at radius 2 is 2.03 bits per heavy atom. The summed E-state index contributed by atoms with van der Waals surface area (Å²) in [6.07, 6.45) is 0.260. The molecule has 1 atom stereocenters. The summed E-state index contributed by atoms with van der Waals surface area (Å²) in [5.74, 6) is -1.66. The molecule has 0 radical (unpaired) electrons. The van der Waals surface area contributed by atoms with Gasteiger partial charge in [0.15, 0.2) is 6.61 Å². The number of nitrogens with one attached hydrogen (secondary N) is 1. The highest BCUT2D eigenvalue weighted by Gasteiger charge is 2.31. The van der Waals surface area contributed by atoms with Crippen molar-refractivity contribution in [1.29, 1.82) is 5.26 Å². The third kappa shape index (κ3) is 5.19. The van der Waals surface area contributed by atoms with Crippen molar-refractivity contribution in [1.82, 2.24) is 5.32 Å². The lowest BCUT2D eigenvalue weighted by Gasteiger charge is -2.27. The number of hydrogen-bond donors (Lipinski definition) is 1. The van der Waals surface area contributed by atoms with Crippen molar-refractivity contribution in [2.24, 2.45) is 11.0 Å². The van der Waals surface area contributed by atoms with Crippen LogP contribution in [0.3, 0.4) is 0 Å². The molecule has 1 aromatic carbocycles. The van der Waals surface area contributed by atoms with E-state index in [0.29, 0.717) is 5.69 Å². The SMILES string of the molecule is Cc1ccc(C)c(N2N=C(C(=O)OCC(=O)N[C@](C)(C#N)C(C)C)CCC2=O)c1. The van der Waals surface area contributed by atoms with Crippen LogP contribution in [0.5, 0.6) is 0 Å². The summed E-state index contributed by atoms with van der Waals surface area (Å²) in [6, 6.07) is 7.69. The molecule has 0 unspecified atom stereocenters. The number of benzene rings is 1. The number of carbonyl (C=O) groups is 3. The van der Waals surface area contributed by atoms with Gasteiger partial charge in [0.05, 0.1) is 11.8 Å². The summed E-state index contributed by atoms with van der Waals surface area (Å²) in [5, 5.41) is 17.2. The topological polar surface area (TPSA) is 112 Å². The molecule has 0 saturated heterocycles. The van der Waals surface area contributed by atoms with Crippen LogP contribution >= 0.6 is 0 Å². The second kappa shape index (κ2) is 8.86. The smallest absolute Gasteiger partial charge is 0.355 e. The lowest BCUT2D eigenvalue weighted by Crippen LogP contribution is -2.50. The Morgan fingerprint density at radius 3 is 2.66 bits per heavy atom. The van der Waals surface area contributed by atoms with E-state index in [-0.39, 0.29) is 30.4 Å². The highest BCUT2D eigenvalue weighted by molar-refractivity contribution is 6.38. The van der Waals surface area contributed by atoms with Crippen molar-refractivity contribution in [3.8, 4) is 6.07 Å². The van der Waals surface area contributed by atoms with Gasteiger partial charge >= 0.3 is 5.97 Å². The quantitative estimate of drug-likeness (QED) is 0.740. The van der Waals surface area contributed by atoms with E-state index in [4.69, 9.17) is 4.74 Å². The highest BCUT2D eigenvalue weighted by atomic mass is 16.5. The molecular weight excluding hydrogens is 372 g/mol. The molecule has 1 aliphatic rings. The van der Waals surface area contributed by atoms with Crippen LogP contribution in [-0.4, -0.2) is 35.6 Å². The van der Waals surface area contributed by atoms with Gasteiger partial charge in [-0.25, -0.2) is 4.79 Å². The number of carbonyl (C=O) groups excluding carboxylic acids is 3. The number of hydrogen-bond acceptors (Lipinski definition) is 6. The maximum atomic E-state index is 12.4. The Balaban J connectivity index is 2.09. The van der Waals surface area contributed by atoms with Crippen molar-refractivity contribution in [2.75, 3.05) is 11.6 Å². The average Bonchev–Trinajstić information content (AvgIpc) is 2.68. The zero-order valence-corrected chi connectivity index (χ0v) is 17.4. The molecule has 29 heavy (non-hydrogen) atoms. The van der Waals surface area contributed by atoms with Gasteiger partial charge in [-0.3, -0.25) is 9.59 Å². The van der Waals surface area contributed by atoms with E-state index in [9.17, 15) is 19.6 Å². The van der Waals surface area contributed by atoms with Gasteiger partial charge in [0.1, 0.15) is 11.3 Å². The second-order valence-electron chi connectivity index (χ2n) is 7.64.